The summed E-state index contributed by atoms with van der Waals surface area (Å²) in [5, 5.41) is 8.85. The number of rotatable bonds is 1. The molecule has 0 saturated heterocycles. The third-order valence-electron chi connectivity index (χ3n) is 3.60. The molecule has 0 spiro atoms. The van der Waals surface area contributed by atoms with E-state index in [1.165, 1.54) is 12.8 Å². The second-order valence-electron chi connectivity index (χ2n) is 4.17. The standard InChI is InChI=1S/C9H14O2/c1-9-5-3-2-4-6(9)7(9)8(10)11/h6-7H,2-5H2,1H3,(H,10,11). The molecule has 3 unspecified atom stereocenters. The predicted octanol–water partition coefficient (Wildman–Crippen LogP) is 1.90. The van der Waals surface area contributed by atoms with E-state index in [9.17, 15) is 4.79 Å². The number of aliphatic carboxylic acids is 1. The molecule has 0 radical (unpaired) electrons. The lowest BCUT2D eigenvalue weighted by Crippen LogP contribution is -2.07. The van der Waals surface area contributed by atoms with Gasteiger partial charge in [0.25, 0.3) is 0 Å². The summed E-state index contributed by atoms with van der Waals surface area (Å²) in [5.41, 5.74) is 0.185. The average molecular weight is 154 g/mol. The van der Waals surface area contributed by atoms with Crippen LogP contribution in [0.4, 0.5) is 0 Å². The number of carbonyl (C=O) groups is 1. The summed E-state index contributed by atoms with van der Waals surface area (Å²) in [4.78, 5) is 10.7. The van der Waals surface area contributed by atoms with Crippen molar-refractivity contribution < 1.29 is 9.90 Å². The molecule has 0 amide bonds. The van der Waals surface area contributed by atoms with Crippen molar-refractivity contribution in [1.29, 1.82) is 0 Å². The lowest BCUT2D eigenvalue weighted by atomic mass is 9.90. The second kappa shape index (κ2) is 1.99. The molecule has 0 heterocycles. The summed E-state index contributed by atoms with van der Waals surface area (Å²) in [6, 6.07) is 0. The number of carboxylic acid groups (broad SMARTS) is 1. The minimum absolute atomic E-state index is 0.00926. The zero-order valence-electron chi connectivity index (χ0n) is 6.84. The fraction of sp³-hybridized carbons (Fsp3) is 0.889. The Morgan fingerprint density at radius 2 is 2.27 bits per heavy atom. The SMILES string of the molecule is CC12CCCCC1C2C(=O)O. The Kier molecular flexibility index (Phi) is 1.29. The van der Waals surface area contributed by atoms with Gasteiger partial charge in [-0.05, 0) is 24.2 Å². The van der Waals surface area contributed by atoms with Crippen molar-refractivity contribution >= 4 is 5.97 Å². The van der Waals surface area contributed by atoms with Gasteiger partial charge in [0.05, 0.1) is 5.92 Å². The Labute approximate surface area is 66.6 Å². The summed E-state index contributed by atoms with van der Waals surface area (Å²) in [6.07, 6.45) is 4.75. The highest BCUT2D eigenvalue weighted by Crippen LogP contribution is 2.65. The molecule has 2 saturated carbocycles. The minimum Gasteiger partial charge on any atom is -0.481 e. The van der Waals surface area contributed by atoms with Crippen molar-refractivity contribution in [3.8, 4) is 0 Å². The van der Waals surface area contributed by atoms with Gasteiger partial charge in [0.1, 0.15) is 0 Å². The van der Waals surface area contributed by atoms with Gasteiger partial charge in [-0.25, -0.2) is 0 Å². The highest BCUT2D eigenvalue weighted by Gasteiger charge is 2.64. The van der Waals surface area contributed by atoms with Gasteiger partial charge in [-0.3, -0.25) is 4.79 Å². The minimum atomic E-state index is -0.570. The summed E-state index contributed by atoms with van der Waals surface area (Å²) < 4.78 is 0. The van der Waals surface area contributed by atoms with Crippen molar-refractivity contribution in [1.82, 2.24) is 0 Å². The zero-order valence-corrected chi connectivity index (χ0v) is 6.84. The van der Waals surface area contributed by atoms with Crippen LogP contribution in [0.3, 0.4) is 0 Å². The summed E-state index contributed by atoms with van der Waals surface area (Å²) in [7, 11) is 0. The van der Waals surface area contributed by atoms with E-state index in [1.54, 1.807) is 0 Å². The molecule has 2 fully saturated rings. The zero-order chi connectivity index (χ0) is 8.06. The van der Waals surface area contributed by atoms with E-state index in [0.29, 0.717) is 5.92 Å². The van der Waals surface area contributed by atoms with Gasteiger partial charge < -0.3 is 5.11 Å². The van der Waals surface area contributed by atoms with E-state index in [2.05, 4.69) is 6.92 Å². The first-order chi connectivity index (χ1) is 5.16. The van der Waals surface area contributed by atoms with Crippen LogP contribution in [0.1, 0.15) is 32.6 Å². The molecule has 2 rings (SSSR count). The van der Waals surface area contributed by atoms with Crippen LogP contribution in [-0.4, -0.2) is 11.1 Å². The maximum atomic E-state index is 10.7. The normalized spacial score (nSPS) is 48.1. The van der Waals surface area contributed by atoms with Crippen LogP contribution in [0.15, 0.2) is 0 Å². The second-order valence-corrected chi connectivity index (χ2v) is 4.17. The molecule has 1 N–H and O–H groups in total. The number of hydrogen-bond acceptors (Lipinski definition) is 1. The quantitative estimate of drug-likeness (QED) is 0.626. The van der Waals surface area contributed by atoms with Crippen molar-refractivity contribution in [2.45, 2.75) is 32.6 Å². The van der Waals surface area contributed by atoms with E-state index in [-0.39, 0.29) is 11.3 Å². The molecular weight excluding hydrogens is 140 g/mol. The van der Waals surface area contributed by atoms with Gasteiger partial charge in [0, 0.05) is 0 Å². The maximum absolute atomic E-state index is 10.7. The number of fused-ring (bicyclic) bond motifs is 1. The fourth-order valence-corrected chi connectivity index (χ4v) is 2.82. The molecule has 0 aromatic heterocycles. The number of hydrogen-bond donors (Lipinski definition) is 1. The van der Waals surface area contributed by atoms with E-state index >= 15 is 0 Å². The fourth-order valence-electron chi connectivity index (χ4n) is 2.82. The largest absolute Gasteiger partial charge is 0.481 e. The molecule has 3 atom stereocenters. The molecule has 2 aliphatic carbocycles. The van der Waals surface area contributed by atoms with E-state index in [1.807, 2.05) is 0 Å². The van der Waals surface area contributed by atoms with Gasteiger partial charge in [0.15, 0.2) is 0 Å². The van der Waals surface area contributed by atoms with Crippen LogP contribution in [0, 0.1) is 17.3 Å². The van der Waals surface area contributed by atoms with Gasteiger partial charge in [-0.2, -0.15) is 0 Å². The van der Waals surface area contributed by atoms with E-state index in [0.717, 1.165) is 12.8 Å². The molecule has 2 heteroatoms. The topological polar surface area (TPSA) is 37.3 Å². The van der Waals surface area contributed by atoms with Gasteiger partial charge in [0.2, 0.25) is 0 Å². The Morgan fingerprint density at radius 1 is 1.55 bits per heavy atom. The maximum Gasteiger partial charge on any atom is 0.307 e. The van der Waals surface area contributed by atoms with E-state index < -0.39 is 5.97 Å². The Hall–Kier alpha value is -0.530. The Bertz CT molecular complexity index is 200. The summed E-state index contributed by atoms with van der Waals surface area (Å²) in [5.74, 6) is -0.0712. The predicted molar refractivity (Wildman–Crippen MR) is 41.2 cm³/mol. The van der Waals surface area contributed by atoms with Crippen LogP contribution in [0.5, 0.6) is 0 Å². The van der Waals surface area contributed by atoms with Crippen molar-refractivity contribution in [3.05, 3.63) is 0 Å². The molecular formula is C9H14O2. The highest BCUT2D eigenvalue weighted by atomic mass is 16.4. The lowest BCUT2D eigenvalue weighted by molar-refractivity contribution is -0.139. The Balaban J connectivity index is 2.12. The first kappa shape index (κ1) is 7.14. The molecule has 62 valence electrons. The number of carboxylic acids is 1. The van der Waals surface area contributed by atoms with Crippen molar-refractivity contribution in [2.75, 3.05) is 0 Å². The molecule has 0 aromatic rings. The molecule has 2 aliphatic rings. The van der Waals surface area contributed by atoms with Gasteiger partial charge in [-0.1, -0.05) is 19.8 Å². The molecule has 0 aromatic carbocycles. The van der Waals surface area contributed by atoms with Crippen LogP contribution >= 0.6 is 0 Å². The average Bonchev–Trinajstić information content (AvgIpc) is 2.54. The smallest absolute Gasteiger partial charge is 0.307 e. The van der Waals surface area contributed by atoms with Gasteiger partial charge >= 0.3 is 5.97 Å². The van der Waals surface area contributed by atoms with Crippen molar-refractivity contribution in [3.63, 3.8) is 0 Å². The third kappa shape index (κ3) is 0.815. The lowest BCUT2D eigenvalue weighted by Gasteiger charge is -2.15. The Morgan fingerprint density at radius 3 is 2.73 bits per heavy atom. The third-order valence-corrected chi connectivity index (χ3v) is 3.60. The van der Waals surface area contributed by atoms with Crippen LogP contribution in [-0.2, 0) is 4.79 Å². The van der Waals surface area contributed by atoms with Crippen LogP contribution in [0.2, 0.25) is 0 Å². The first-order valence-electron chi connectivity index (χ1n) is 4.39. The van der Waals surface area contributed by atoms with Crippen LogP contribution in [0.25, 0.3) is 0 Å². The summed E-state index contributed by atoms with van der Waals surface area (Å²) >= 11 is 0. The van der Waals surface area contributed by atoms with Gasteiger partial charge in [-0.15, -0.1) is 0 Å². The van der Waals surface area contributed by atoms with Crippen molar-refractivity contribution in [2.24, 2.45) is 17.3 Å². The molecule has 0 aliphatic heterocycles. The molecule has 11 heavy (non-hydrogen) atoms. The first-order valence-corrected chi connectivity index (χ1v) is 4.39. The molecule has 0 bridgehead atoms. The van der Waals surface area contributed by atoms with E-state index in [4.69, 9.17) is 5.11 Å². The molecule has 2 nitrogen and oxygen atoms in total. The highest BCUT2D eigenvalue weighted by molar-refractivity contribution is 5.75. The monoisotopic (exact) mass is 154 g/mol. The summed E-state index contributed by atoms with van der Waals surface area (Å²) in [6.45, 7) is 2.13. The van der Waals surface area contributed by atoms with Crippen LogP contribution < -0.4 is 0 Å².